The molecule has 1 amide bonds. The van der Waals surface area contributed by atoms with Crippen LogP contribution in [0.2, 0.25) is 15.1 Å². The van der Waals surface area contributed by atoms with E-state index in [2.05, 4.69) is 15.6 Å². The summed E-state index contributed by atoms with van der Waals surface area (Å²) < 4.78 is 2.02. The predicted molar refractivity (Wildman–Crippen MR) is 138 cm³/mol. The number of hydrogen-bond acceptors (Lipinski definition) is 7. The van der Waals surface area contributed by atoms with Crippen molar-refractivity contribution in [2.45, 2.75) is 63.1 Å². The fourth-order valence-electron chi connectivity index (χ4n) is 5.06. The number of nitrogens with one attached hydrogen (secondary N) is 2. The zero-order chi connectivity index (χ0) is 24.7. The maximum Gasteiger partial charge on any atom is 0.225 e. The highest BCUT2D eigenvalue weighted by Gasteiger charge is 2.30. The molecule has 5 N–H and O–H groups in total. The van der Waals surface area contributed by atoms with Crippen molar-refractivity contribution in [1.29, 1.82) is 0 Å². The zero-order valence-electron chi connectivity index (χ0n) is 18.8. The second-order valence-electron chi connectivity index (χ2n) is 9.23. The fraction of sp³-hybridized carbons (Fsp3) is 0.478. The van der Waals surface area contributed by atoms with Gasteiger partial charge >= 0.3 is 0 Å². The topological polar surface area (TPSA) is 131 Å². The molecule has 1 aromatic carbocycles. The number of aliphatic hydroxyl groups is 1. The molecule has 186 valence electrons. The molecule has 2 fully saturated rings. The third-order valence-electron chi connectivity index (χ3n) is 6.93. The smallest absolute Gasteiger partial charge is 0.225 e. The molecule has 2 atom stereocenters. The summed E-state index contributed by atoms with van der Waals surface area (Å²) in [6.45, 7) is 0. The second-order valence-corrected chi connectivity index (χ2v) is 10.5. The second kappa shape index (κ2) is 9.97. The van der Waals surface area contributed by atoms with Gasteiger partial charge in [0.2, 0.25) is 17.8 Å². The van der Waals surface area contributed by atoms with E-state index in [0.29, 0.717) is 56.7 Å². The molecule has 3 aromatic rings. The molecule has 2 aliphatic rings. The summed E-state index contributed by atoms with van der Waals surface area (Å²) in [5, 5.41) is 17.9. The van der Waals surface area contributed by atoms with Gasteiger partial charge in [0.1, 0.15) is 5.52 Å². The Morgan fingerprint density at radius 3 is 2.40 bits per heavy atom. The van der Waals surface area contributed by atoms with Crippen molar-refractivity contribution in [2.24, 2.45) is 11.7 Å². The van der Waals surface area contributed by atoms with Crippen LogP contribution < -0.4 is 16.4 Å². The van der Waals surface area contributed by atoms with Crippen molar-refractivity contribution >= 4 is 69.5 Å². The standard InChI is InChI=1S/C23H26Cl3N7O2/c24-12-8-14(25)19(15(26)9-12)31-23-30-17-10-28-22(29-16-2-1-3-18(16)34)32-21(17)33(23)13-6-4-11(5-7-13)20(27)35/h8-11,13,16,18,34H,1-7H2,(H2,27,35)(H,30,31)(H,28,29,32)/t11-,13-,16-,18-/m0/s1. The highest BCUT2D eigenvalue weighted by molar-refractivity contribution is 6.41. The number of benzene rings is 1. The number of rotatable bonds is 6. The van der Waals surface area contributed by atoms with Gasteiger partial charge in [0.05, 0.1) is 34.1 Å². The molecule has 2 aliphatic carbocycles. The van der Waals surface area contributed by atoms with Gasteiger partial charge in [-0.05, 0) is 57.1 Å². The van der Waals surface area contributed by atoms with Crippen LogP contribution in [0.15, 0.2) is 18.3 Å². The van der Waals surface area contributed by atoms with Gasteiger partial charge in [-0.1, -0.05) is 34.8 Å². The molecule has 2 heterocycles. The van der Waals surface area contributed by atoms with Gasteiger partial charge in [-0.25, -0.2) is 9.97 Å². The van der Waals surface area contributed by atoms with Crippen LogP contribution in [0.3, 0.4) is 0 Å². The van der Waals surface area contributed by atoms with Crippen molar-refractivity contribution < 1.29 is 9.90 Å². The first-order chi connectivity index (χ1) is 16.8. The van der Waals surface area contributed by atoms with Crippen LogP contribution >= 0.6 is 34.8 Å². The van der Waals surface area contributed by atoms with E-state index in [0.717, 1.165) is 32.1 Å². The van der Waals surface area contributed by atoms with Crippen LogP contribution in [0.25, 0.3) is 11.2 Å². The van der Waals surface area contributed by atoms with Crippen molar-refractivity contribution in [2.75, 3.05) is 10.6 Å². The maximum absolute atomic E-state index is 11.7. The molecular formula is C23H26Cl3N7O2. The van der Waals surface area contributed by atoms with E-state index in [1.807, 2.05) is 4.57 Å². The minimum atomic E-state index is -0.422. The van der Waals surface area contributed by atoms with Gasteiger partial charge in [-0.2, -0.15) is 4.98 Å². The number of anilines is 3. The Morgan fingerprint density at radius 2 is 1.77 bits per heavy atom. The van der Waals surface area contributed by atoms with Gasteiger partial charge in [-0.15, -0.1) is 0 Å². The molecule has 12 heteroatoms. The average molecular weight is 539 g/mol. The Morgan fingerprint density at radius 1 is 1.06 bits per heavy atom. The molecule has 5 rings (SSSR count). The van der Waals surface area contributed by atoms with E-state index in [1.165, 1.54) is 0 Å². The van der Waals surface area contributed by atoms with Crippen LogP contribution in [-0.4, -0.2) is 42.7 Å². The number of aliphatic hydroxyl groups excluding tert-OH is 1. The highest BCUT2D eigenvalue weighted by atomic mass is 35.5. The van der Waals surface area contributed by atoms with E-state index in [1.54, 1.807) is 18.3 Å². The zero-order valence-corrected chi connectivity index (χ0v) is 21.1. The van der Waals surface area contributed by atoms with Gasteiger partial charge in [0, 0.05) is 17.0 Å². The summed E-state index contributed by atoms with van der Waals surface area (Å²) in [4.78, 5) is 25.6. The average Bonchev–Trinajstić information content (AvgIpc) is 3.38. The molecule has 0 spiro atoms. The number of nitrogens with two attached hydrogens (primary N) is 1. The Labute approximate surface area is 217 Å². The number of carbonyl (C=O) groups excluding carboxylic acids is 1. The van der Waals surface area contributed by atoms with Gasteiger partial charge in [0.15, 0.2) is 5.65 Å². The number of aromatic nitrogens is 4. The van der Waals surface area contributed by atoms with Crippen LogP contribution in [0, 0.1) is 5.92 Å². The predicted octanol–water partition coefficient (Wildman–Crippen LogP) is 5.07. The minimum Gasteiger partial charge on any atom is -0.391 e. The normalized spacial score (nSPS) is 24.6. The summed E-state index contributed by atoms with van der Waals surface area (Å²) in [6, 6.07) is 3.16. The molecule has 2 saturated carbocycles. The van der Waals surface area contributed by atoms with Crippen molar-refractivity contribution in [1.82, 2.24) is 19.5 Å². The largest absolute Gasteiger partial charge is 0.391 e. The van der Waals surface area contributed by atoms with E-state index in [9.17, 15) is 9.90 Å². The van der Waals surface area contributed by atoms with Crippen LogP contribution in [0.1, 0.15) is 51.0 Å². The number of halogens is 3. The lowest BCUT2D eigenvalue weighted by atomic mass is 9.85. The van der Waals surface area contributed by atoms with E-state index >= 15 is 0 Å². The quantitative estimate of drug-likeness (QED) is 0.344. The SMILES string of the molecule is NC(=O)[C@H]1CC[C@H](n2c(Nc3c(Cl)cc(Cl)cc3Cl)nc3cnc(N[C@H]4CCC[C@@H]4O)nc32)CC1. The lowest BCUT2D eigenvalue weighted by molar-refractivity contribution is -0.122. The lowest BCUT2D eigenvalue weighted by Gasteiger charge is -2.29. The van der Waals surface area contributed by atoms with Crippen LogP contribution in [0.4, 0.5) is 17.6 Å². The Bertz CT molecular complexity index is 1240. The third-order valence-corrected chi connectivity index (χ3v) is 7.75. The van der Waals surface area contributed by atoms with Gasteiger partial charge in [0.25, 0.3) is 0 Å². The Hall–Kier alpha value is -2.33. The number of fused-ring (bicyclic) bond motifs is 1. The summed E-state index contributed by atoms with van der Waals surface area (Å²) in [6.07, 6.45) is 6.67. The first-order valence-electron chi connectivity index (χ1n) is 11.7. The summed E-state index contributed by atoms with van der Waals surface area (Å²) in [7, 11) is 0. The summed E-state index contributed by atoms with van der Waals surface area (Å²) in [5.74, 6) is 0.555. The number of primary amides is 1. The maximum atomic E-state index is 11.7. The molecule has 0 saturated heterocycles. The van der Waals surface area contributed by atoms with Crippen molar-refractivity contribution in [3.8, 4) is 0 Å². The molecule has 9 nitrogen and oxygen atoms in total. The summed E-state index contributed by atoms with van der Waals surface area (Å²) >= 11 is 18.9. The molecule has 0 aliphatic heterocycles. The fourth-order valence-corrected chi connectivity index (χ4v) is 5.97. The Balaban J connectivity index is 1.54. The van der Waals surface area contributed by atoms with Crippen molar-refractivity contribution in [3.63, 3.8) is 0 Å². The molecule has 0 unspecified atom stereocenters. The van der Waals surface area contributed by atoms with E-state index < -0.39 is 6.10 Å². The molecular weight excluding hydrogens is 513 g/mol. The van der Waals surface area contributed by atoms with Gasteiger partial charge < -0.3 is 21.5 Å². The number of nitrogens with zero attached hydrogens (tertiary/aromatic N) is 4. The highest BCUT2D eigenvalue weighted by Crippen LogP contribution is 2.40. The van der Waals surface area contributed by atoms with Crippen LogP contribution in [0.5, 0.6) is 0 Å². The Kier molecular flexibility index (Phi) is 6.94. The van der Waals surface area contributed by atoms with Crippen molar-refractivity contribution in [3.05, 3.63) is 33.4 Å². The molecule has 0 radical (unpaired) electrons. The number of carbonyl (C=O) groups is 1. The first kappa shape index (κ1) is 24.4. The van der Waals surface area contributed by atoms with Gasteiger partial charge in [-0.3, -0.25) is 9.36 Å². The number of imidazole rings is 1. The number of amides is 1. The monoisotopic (exact) mass is 537 g/mol. The summed E-state index contributed by atoms with van der Waals surface area (Å²) in [5.41, 5.74) is 7.28. The molecule has 35 heavy (non-hydrogen) atoms. The minimum absolute atomic E-state index is 0.0303. The number of hydrogen-bond donors (Lipinski definition) is 4. The van der Waals surface area contributed by atoms with Crippen LogP contribution in [-0.2, 0) is 4.79 Å². The first-order valence-corrected chi connectivity index (χ1v) is 12.8. The lowest BCUT2D eigenvalue weighted by Crippen LogP contribution is -2.29. The molecule has 2 aromatic heterocycles. The third kappa shape index (κ3) is 5.00. The van der Waals surface area contributed by atoms with E-state index in [-0.39, 0.29) is 23.9 Å². The molecule has 0 bridgehead atoms. The van der Waals surface area contributed by atoms with E-state index in [4.69, 9.17) is 50.5 Å².